The minimum absolute atomic E-state index is 0.139. The molecular formula is C29H29N5O4. The van der Waals surface area contributed by atoms with Crippen molar-refractivity contribution in [2.75, 3.05) is 50.1 Å². The molecule has 38 heavy (non-hydrogen) atoms. The Bertz CT molecular complexity index is 1400. The van der Waals surface area contributed by atoms with E-state index >= 15 is 0 Å². The highest BCUT2D eigenvalue weighted by atomic mass is 16.5. The van der Waals surface area contributed by atoms with Crippen LogP contribution in [-0.4, -0.2) is 60.8 Å². The van der Waals surface area contributed by atoms with Crippen molar-refractivity contribution in [3.05, 3.63) is 85.7 Å². The number of nitrogens with zero attached hydrogens (tertiary/aromatic N) is 4. The van der Waals surface area contributed by atoms with E-state index in [4.69, 9.17) is 14.2 Å². The maximum Gasteiger partial charge on any atom is 0.321 e. The van der Waals surface area contributed by atoms with Crippen LogP contribution in [0, 0.1) is 0 Å². The van der Waals surface area contributed by atoms with Crippen molar-refractivity contribution in [1.82, 2.24) is 14.9 Å². The molecule has 1 aliphatic heterocycles. The molecular weight excluding hydrogens is 482 g/mol. The molecule has 0 radical (unpaired) electrons. The highest BCUT2D eigenvalue weighted by Gasteiger charge is 2.24. The van der Waals surface area contributed by atoms with Crippen molar-refractivity contribution in [3.63, 3.8) is 0 Å². The molecule has 1 aliphatic rings. The lowest BCUT2D eigenvalue weighted by Gasteiger charge is -2.35. The molecule has 9 nitrogen and oxygen atoms in total. The van der Waals surface area contributed by atoms with Gasteiger partial charge in [-0.1, -0.05) is 30.9 Å². The van der Waals surface area contributed by atoms with Crippen molar-refractivity contribution in [2.45, 2.75) is 0 Å². The SMILES string of the molecule is C=CCOc1cc2ncnc(N3CCN(C(=O)Nc4ccc(Oc5ccccc5)cc4)CC3)c2cc1OC. The Morgan fingerprint density at radius 1 is 0.974 bits per heavy atom. The highest BCUT2D eigenvalue weighted by Crippen LogP contribution is 2.35. The number of piperazine rings is 1. The summed E-state index contributed by atoms with van der Waals surface area (Å²) in [5.74, 6) is 3.48. The van der Waals surface area contributed by atoms with Crippen LogP contribution in [-0.2, 0) is 0 Å². The first-order valence-electron chi connectivity index (χ1n) is 12.3. The molecule has 0 spiro atoms. The molecule has 1 fully saturated rings. The second-order valence-corrected chi connectivity index (χ2v) is 8.66. The van der Waals surface area contributed by atoms with E-state index in [0.29, 0.717) is 55.7 Å². The molecule has 4 aromatic rings. The number of aromatic nitrogens is 2. The average molecular weight is 512 g/mol. The first-order valence-corrected chi connectivity index (χ1v) is 12.3. The predicted octanol–water partition coefficient (Wildman–Crippen LogP) is 5.35. The number of ether oxygens (including phenoxy) is 3. The van der Waals surface area contributed by atoms with E-state index < -0.39 is 0 Å². The molecule has 0 unspecified atom stereocenters. The fourth-order valence-corrected chi connectivity index (χ4v) is 4.28. The van der Waals surface area contributed by atoms with Gasteiger partial charge in [0.05, 0.1) is 12.6 Å². The largest absolute Gasteiger partial charge is 0.493 e. The van der Waals surface area contributed by atoms with Crippen LogP contribution in [0.1, 0.15) is 0 Å². The van der Waals surface area contributed by atoms with E-state index in [0.717, 1.165) is 22.5 Å². The summed E-state index contributed by atoms with van der Waals surface area (Å²) < 4.78 is 17.1. The third-order valence-electron chi connectivity index (χ3n) is 6.21. The van der Waals surface area contributed by atoms with Crippen LogP contribution in [0.5, 0.6) is 23.0 Å². The second kappa shape index (κ2) is 11.5. The van der Waals surface area contributed by atoms with Crippen LogP contribution in [0.2, 0.25) is 0 Å². The summed E-state index contributed by atoms with van der Waals surface area (Å²) in [5, 5.41) is 3.84. The van der Waals surface area contributed by atoms with Crippen LogP contribution in [0.25, 0.3) is 10.9 Å². The average Bonchev–Trinajstić information content (AvgIpc) is 2.97. The van der Waals surface area contributed by atoms with Crippen molar-refractivity contribution in [1.29, 1.82) is 0 Å². The lowest BCUT2D eigenvalue weighted by atomic mass is 10.2. The third kappa shape index (κ3) is 5.62. The number of carbonyl (C=O) groups excluding carboxylic acids is 1. The van der Waals surface area contributed by atoms with Crippen LogP contribution < -0.4 is 24.4 Å². The van der Waals surface area contributed by atoms with Crippen LogP contribution in [0.15, 0.2) is 85.7 Å². The Morgan fingerprint density at radius 3 is 2.42 bits per heavy atom. The summed E-state index contributed by atoms with van der Waals surface area (Å²) in [5.41, 5.74) is 1.47. The first kappa shape index (κ1) is 24.9. The maximum absolute atomic E-state index is 12.9. The lowest BCUT2D eigenvalue weighted by molar-refractivity contribution is 0.208. The van der Waals surface area contributed by atoms with Gasteiger partial charge in [0.1, 0.15) is 30.3 Å². The van der Waals surface area contributed by atoms with Gasteiger partial charge in [-0.25, -0.2) is 14.8 Å². The summed E-state index contributed by atoms with van der Waals surface area (Å²) >= 11 is 0. The molecule has 9 heteroatoms. The zero-order valence-corrected chi connectivity index (χ0v) is 21.2. The number of rotatable bonds is 8. The number of urea groups is 1. The number of nitrogens with one attached hydrogen (secondary N) is 1. The smallest absolute Gasteiger partial charge is 0.321 e. The molecule has 3 aromatic carbocycles. The lowest BCUT2D eigenvalue weighted by Crippen LogP contribution is -2.50. The number of amides is 2. The van der Waals surface area contributed by atoms with Gasteiger partial charge in [-0.3, -0.25) is 0 Å². The first-order chi connectivity index (χ1) is 18.6. The van der Waals surface area contributed by atoms with Crippen LogP contribution in [0.3, 0.4) is 0 Å². The van der Waals surface area contributed by atoms with E-state index in [2.05, 4.69) is 26.8 Å². The summed E-state index contributed by atoms with van der Waals surface area (Å²) in [7, 11) is 1.60. The Balaban J connectivity index is 1.21. The quantitative estimate of drug-likeness (QED) is 0.319. The summed E-state index contributed by atoms with van der Waals surface area (Å²) in [6, 6.07) is 20.5. The molecule has 0 aliphatic carbocycles. The summed E-state index contributed by atoms with van der Waals surface area (Å²) in [6.45, 7) is 6.46. The zero-order chi connectivity index (χ0) is 26.3. The van der Waals surface area contributed by atoms with E-state index in [1.54, 1.807) is 24.4 Å². The topological polar surface area (TPSA) is 89.1 Å². The Morgan fingerprint density at radius 2 is 1.71 bits per heavy atom. The number of anilines is 2. The molecule has 1 aromatic heterocycles. The summed E-state index contributed by atoms with van der Waals surface area (Å²) in [4.78, 5) is 25.8. The molecule has 2 heterocycles. The van der Waals surface area contributed by atoms with Gasteiger partial charge in [0.25, 0.3) is 0 Å². The molecule has 1 saturated heterocycles. The van der Waals surface area contributed by atoms with Crippen LogP contribution >= 0.6 is 0 Å². The van der Waals surface area contributed by atoms with E-state index in [9.17, 15) is 4.79 Å². The number of hydrogen-bond acceptors (Lipinski definition) is 7. The van der Waals surface area contributed by atoms with Crippen molar-refractivity contribution >= 4 is 28.4 Å². The number of fused-ring (bicyclic) bond motifs is 1. The standard InChI is InChI=1S/C29H29N5O4/c1-3-17-37-27-19-25-24(18-26(27)36-2)28(31-20-30-25)33-13-15-34(16-14-33)29(35)32-21-9-11-23(12-10-21)38-22-7-5-4-6-8-22/h3-12,18-20H,1,13-17H2,2H3,(H,32,35). The number of hydrogen-bond donors (Lipinski definition) is 1. The fraction of sp³-hybridized carbons (Fsp3) is 0.207. The minimum Gasteiger partial charge on any atom is -0.493 e. The zero-order valence-electron chi connectivity index (χ0n) is 21.2. The van der Waals surface area contributed by atoms with Gasteiger partial charge < -0.3 is 29.3 Å². The summed E-state index contributed by atoms with van der Waals surface area (Å²) in [6.07, 6.45) is 3.23. The Hall–Kier alpha value is -4.79. The van der Waals surface area contributed by atoms with Gasteiger partial charge in [-0.2, -0.15) is 0 Å². The monoisotopic (exact) mass is 511 g/mol. The van der Waals surface area contributed by atoms with E-state index in [1.807, 2.05) is 66.7 Å². The molecule has 5 rings (SSSR count). The van der Waals surface area contributed by atoms with Gasteiger partial charge in [0.15, 0.2) is 11.5 Å². The van der Waals surface area contributed by atoms with Gasteiger partial charge in [0.2, 0.25) is 0 Å². The molecule has 1 N–H and O–H groups in total. The number of benzene rings is 3. The van der Waals surface area contributed by atoms with Gasteiger partial charge >= 0.3 is 6.03 Å². The second-order valence-electron chi connectivity index (χ2n) is 8.66. The predicted molar refractivity (Wildman–Crippen MR) is 148 cm³/mol. The van der Waals surface area contributed by atoms with Crippen molar-refractivity contribution in [3.8, 4) is 23.0 Å². The van der Waals surface area contributed by atoms with E-state index in [-0.39, 0.29) is 6.03 Å². The van der Waals surface area contributed by atoms with Crippen molar-refractivity contribution < 1.29 is 19.0 Å². The number of methoxy groups -OCH3 is 1. The van der Waals surface area contributed by atoms with Crippen molar-refractivity contribution in [2.24, 2.45) is 0 Å². The maximum atomic E-state index is 12.9. The molecule has 0 saturated carbocycles. The molecule has 194 valence electrons. The van der Waals surface area contributed by atoms with E-state index in [1.165, 1.54) is 0 Å². The Kier molecular flexibility index (Phi) is 7.54. The van der Waals surface area contributed by atoms with Gasteiger partial charge in [0, 0.05) is 43.3 Å². The Labute approximate surface area is 221 Å². The number of carbonyl (C=O) groups is 1. The van der Waals surface area contributed by atoms with Gasteiger partial charge in [-0.05, 0) is 42.5 Å². The molecule has 2 amide bonds. The number of para-hydroxylation sites is 1. The third-order valence-corrected chi connectivity index (χ3v) is 6.21. The fourth-order valence-electron chi connectivity index (χ4n) is 4.28. The van der Waals surface area contributed by atoms with Crippen LogP contribution in [0.4, 0.5) is 16.3 Å². The minimum atomic E-state index is -0.139. The molecule has 0 atom stereocenters. The normalized spacial score (nSPS) is 13.2. The van der Waals surface area contributed by atoms with Gasteiger partial charge in [-0.15, -0.1) is 0 Å². The highest BCUT2D eigenvalue weighted by molar-refractivity contribution is 5.92. The molecule has 0 bridgehead atoms.